The van der Waals surface area contributed by atoms with Crippen LogP contribution in [-0.2, 0) is 6.18 Å². The Kier molecular flexibility index (Phi) is 4.68. The lowest BCUT2D eigenvalue weighted by Gasteiger charge is -2.32. The highest BCUT2D eigenvalue weighted by molar-refractivity contribution is 5.29. The fraction of sp³-hybridized carbons (Fsp3) is 0.667. The number of rotatable bonds is 3. The Bertz CT molecular complexity index is 437. The maximum absolute atomic E-state index is 13.0. The molecule has 0 radical (unpaired) electrons. The second-order valence-corrected chi connectivity index (χ2v) is 5.68. The molecule has 1 fully saturated rings. The maximum atomic E-state index is 13.0. The summed E-state index contributed by atoms with van der Waals surface area (Å²) in [7, 11) is 0. The highest BCUT2D eigenvalue weighted by atomic mass is 19.4. The molecule has 2 nitrogen and oxygen atoms in total. The zero-order valence-electron chi connectivity index (χ0n) is 11.7. The predicted molar refractivity (Wildman–Crippen MR) is 71.9 cm³/mol. The first-order valence-corrected chi connectivity index (χ1v) is 7.20. The maximum Gasteiger partial charge on any atom is 0.416 e. The van der Waals surface area contributed by atoms with E-state index in [1.807, 2.05) is 0 Å². The number of hydrogen-bond acceptors (Lipinski definition) is 2. The van der Waals surface area contributed by atoms with E-state index in [1.165, 1.54) is 12.4 Å². The van der Waals surface area contributed by atoms with Gasteiger partial charge in [-0.2, -0.15) is 13.2 Å². The lowest BCUT2D eigenvalue weighted by Crippen LogP contribution is -2.28. The molecule has 0 aliphatic heterocycles. The van der Waals surface area contributed by atoms with Gasteiger partial charge in [0.1, 0.15) is 0 Å². The van der Waals surface area contributed by atoms with Gasteiger partial charge in [-0.05, 0) is 36.3 Å². The fourth-order valence-electron chi connectivity index (χ4n) is 3.14. The fourth-order valence-corrected chi connectivity index (χ4v) is 3.14. The molecule has 0 amide bonds. The van der Waals surface area contributed by atoms with Crippen molar-refractivity contribution in [1.82, 2.24) is 4.98 Å². The summed E-state index contributed by atoms with van der Waals surface area (Å²) >= 11 is 0. The molecule has 1 saturated carbocycles. The normalized spacial score (nSPS) is 25.4. The van der Waals surface area contributed by atoms with Crippen LogP contribution < -0.4 is 5.73 Å². The van der Waals surface area contributed by atoms with E-state index in [1.54, 1.807) is 0 Å². The van der Waals surface area contributed by atoms with E-state index in [4.69, 9.17) is 5.73 Å². The molecule has 0 aromatic carbocycles. The van der Waals surface area contributed by atoms with Crippen LogP contribution in [0.1, 0.15) is 56.2 Å². The molecule has 1 aliphatic rings. The molecule has 0 spiro atoms. The molecule has 1 unspecified atom stereocenters. The molecule has 112 valence electrons. The number of halogens is 3. The van der Waals surface area contributed by atoms with E-state index in [9.17, 15) is 13.2 Å². The Hall–Kier alpha value is -1.10. The molecule has 2 N–H and O–H groups in total. The Morgan fingerprint density at radius 2 is 1.95 bits per heavy atom. The highest BCUT2D eigenvalue weighted by Gasteiger charge is 2.36. The Labute approximate surface area is 117 Å². The zero-order valence-corrected chi connectivity index (χ0v) is 11.7. The molecule has 2 rings (SSSR count). The van der Waals surface area contributed by atoms with Gasteiger partial charge in [0.15, 0.2) is 0 Å². The van der Waals surface area contributed by atoms with Crippen molar-refractivity contribution in [3.63, 3.8) is 0 Å². The van der Waals surface area contributed by atoms with Crippen molar-refractivity contribution in [3.8, 4) is 0 Å². The predicted octanol–water partition coefficient (Wildman–Crippen LogP) is 4.32. The molecule has 1 aromatic rings. The number of alkyl halides is 3. The molecule has 0 bridgehead atoms. The van der Waals surface area contributed by atoms with Crippen molar-refractivity contribution < 1.29 is 13.2 Å². The average Bonchev–Trinajstić information content (AvgIpc) is 2.46. The van der Waals surface area contributed by atoms with Crippen molar-refractivity contribution in [2.75, 3.05) is 0 Å². The van der Waals surface area contributed by atoms with Crippen LogP contribution >= 0.6 is 0 Å². The van der Waals surface area contributed by atoms with Crippen LogP contribution in [0, 0.1) is 11.8 Å². The number of nitrogens with zero attached hydrogens (tertiary/aromatic N) is 1. The van der Waals surface area contributed by atoms with Crippen molar-refractivity contribution in [2.45, 2.75) is 51.2 Å². The minimum atomic E-state index is -4.36. The van der Waals surface area contributed by atoms with Crippen LogP contribution in [0.5, 0.6) is 0 Å². The summed E-state index contributed by atoms with van der Waals surface area (Å²) in [6.07, 6.45) is 3.18. The van der Waals surface area contributed by atoms with Gasteiger partial charge in [-0.15, -0.1) is 0 Å². The summed E-state index contributed by atoms with van der Waals surface area (Å²) in [5.41, 5.74) is 5.61. The van der Waals surface area contributed by atoms with Gasteiger partial charge in [-0.25, -0.2) is 0 Å². The Balaban J connectivity index is 2.16. The van der Waals surface area contributed by atoms with Gasteiger partial charge >= 0.3 is 6.18 Å². The van der Waals surface area contributed by atoms with E-state index in [0.29, 0.717) is 5.92 Å². The highest BCUT2D eigenvalue weighted by Crippen LogP contribution is 2.40. The van der Waals surface area contributed by atoms with Crippen LogP contribution in [0.4, 0.5) is 13.2 Å². The van der Waals surface area contributed by atoms with Crippen molar-refractivity contribution >= 4 is 0 Å². The quantitative estimate of drug-likeness (QED) is 0.899. The van der Waals surface area contributed by atoms with Crippen molar-refractivity contribution in [1.29, 1.82) is 0 Å². The van der Waals surface area contributed by atoms with Gasteiger partial charge < -0.3 is 5.73 Å². The largest absolute Gasteiger partial charge is 0.416 e. The summed E-state index contributed by atoms with van der Waals surface area (Å²) in [5.74, 6) is 0.831. The molecule has 1 aliphatic carbocycles. The van der Waals surface area contributed by atoms with Crippen molar-refractivity contribution in [2.24, 2.45) is 17.6 Å². The van der Waals surface area contributed by atoms with Crippen LogP contribution in [0.2, 0.25) is 0 Å². The monoisotopic (exact) mass is 286 g/mol. The molecule has 1 aromatic heterocycles. The standard InChI is InChI=1S/C15H21F3N2/c1-2-10-3-5-11(6-4-10)14(19)12-9-20-8-7-13(12)15(16,17)18/h7-11,14H,2-6,19H2,1H3. The van der Waals surface area contributed by atoms with Gasteiger partial charge in [0.2, 0.25) is 0 Å². The number of hydrogen-bond donors (Lipinski definition) is 1. The molecule has 20 heavy (non-hydrogen) atoms. The van der Waals surface area contributed by atoms with Gasteiger partial charge in [0, 0.05) is 18.4 Å². The Morgan fingerprint density at radius 3 is 2.50 bits per heavy atom. The third-order valence-corrected chi connectivity index (χ3v) is 4.49. The van der Waals surface area contributed by atoms with Crippen molar-refractivity contribution in [3.05, 3.63) is 29.6 Å². The zero-order chi connectivity index (χ0) is 14.8. The van der Waals surface area contributed by atoms with E-state index in [2.05, 4.69) is 11.9 Å². The van der Waals surface area contributed by atoms with Crippen LogP contribution in [-0.4, -0.2) is 4.98 Å². The third kappa shape index (κ3) is 3.32. The first-order chi connectivity index (χ1) is 9.43. The van der Waals surface area contributed by atoms with Crippen LogP contribution in [0.25, 0.3) is 0 Å². The van der Waals surface area contributed by atoms with E-state index in [0.717, 1.165) is 38.2 Å². The summed E-state index contributed by atoms with van der Waals surface area (Å²) < 4.78 is 39.0. The minimum absolute atomic E-state index is 0.128. The SMILES string of the molecule is CCC1CCC(C(N)c2cnccc2C(F)(F)F)CC1. The van der Waals surface area contributed by atoms with Crippen LogP contribution in [0.15, 0.2) is 18.5 Å². The van der Waals surface area contributed by atoms with Gasteiger partial charge in [0.05, 0.1) is 5.56 Å². The summed E-state index contributed by atoms with van der Waals surface area (Å²) in [4.78, 5) is 3.83. The van der Waals surface area contributed by atoms with Gasteiger partial charge in [0.25, 0.3) is 0 Å². The number of nitrogens with two attached hydrogens (primary N) is 1. The summed E-state index contributed by atoms with van der Waals surface area (Å²) in [5, 5.41) is 0. The average molecular weight is 286 g/mol. The lowest BCUT2D eigenvalue weighted by molar-refractivity contribution is -0.138. The van der Waals surface area contributed by atoms with Gasteiger partial charge in [-0.3, -0.25) is 4.98 Å². The first kappa shape index (κ1) is 15.3. The number of pyridine rings is 1. The van der Waals surface area contributed by atoms with Crippen LogP contribution in [0.3, 0.4) is 0 Å². The summed E-state index contributed by atoms with van der Waals surface area (Å²) in [6, 6.07) is 0.450. The second-order valence-electron chi connectivity index (χ2n) is 5.68. The van der Waals surface area contributed by atoms with E-state index < -0.39 is 17.8 Å². The van der Waals surface area contributed by atoms with E-state index in [-0.39, 0.29) is 11.5 Å². The summed E-state index contributed by atoms with van der Waals surface area (Å²) in [6.45, 7) is 2.16. The molecule has 5 heteroatoms. The van der Waals surface area contributed by atoms with Gasteiger partial charge in [-0.1, -0.05) is 26.2 Å². The molecule has 1 atom stereocenters. The number of aromatic nitrogens is 1. The molecule has 0 saturated heterocycles. The Morgan fingerprint density at radius 1 is 1.30 bits per heavy atom. The smallest absolute Gasteiger partial charge is 0.324 e. The molecule has 1 heterocycles. The topological polar surface area (TPSA) is 38.9 Å². The van der Waals surface area contributed by atoms with E-state index >= 15 is 0 Å². The third-order valence-electron chi connectivity index (χ3n) is 4.49. The second kappa shape index (κ2) is 6.12. The minimum Gasteiger partial charge on any atom is -0.324 e. The molecular weight excluding hydrogens is 265 g/mol. The lowest BCUT2D eigenvalue weighted by atomic mass is 9.76. The first-order valence-electron chi connectivity index (χ1n) is 7.20. The molecular formula is C15H21F3N2.